The number of thioether (sulfide) groups is 1. The number of carbonyl (C=O) groups is 2. The summed E-state index contributed by atoms with van der Waals surface area (Å²) in [6.07, 6.45) is 0.886. The van der Waals surface area contributed by atoms with Crippen LogP contribution in [0.2, 0.25) is 0 Å². The van der Waals surface area contributed by atoms with E-state index in [9.17, 15) is 9.59 Å². The van der Waals surface area contributed by atoms with E-state index in [1.807, 2.05) is 45.0 Å². The van der Waals surface area contributed by atoms with Crippen molar-refractivity contribution in [1.82, 2.24) is 10.2 Å². The van der Waals surface area contributed by atoms with Crippen LogP contribution in [0.15, 0.2) is 24.3 Å². The molecule has 1 fully saturated rings. The molecule has 0 aliphatic carbocycles. The Bertz CT molecular complexity index is 516. The van der Waals surface area contributed by atoms with Crippen LogP contribution in [0, 0.1) is 6.92 Å². The first-order valence-electron chi connectivity index (χ1n) is 7.28. The Morgan fingerprint density at radius 2 is 2.05 bits per heavy atom. The number of hydrogen-bond acceptors (Lipinski definition) is 3. The van der Waals surface area contributed by atoms with Gasteiger partial charge in [0.1, 0.15) is 6.04 Å². The molecule has 1 N–H and O–H groups in total. The van der Waals surface area contributed by atoms with Gasteiger partial charge in [-0.15, -0.1) is 11.8 Å². The standard InChI is InChI=1S/C16H22N2O2S/c1-4-12(3)17-15(19)14-9-21-10-18(14)16(20)13-7-5-11(2)6-8-13/h5-8,12,14H,4,9-10H2,1-3H3,(H,17,19)/t12-,14+/m1/s1. The van der Waals surface area contributed by atoms with Gasteiger partial charge in [-0.1, -0.05) is 24.6 Å². The zero-order chi connectivity index (χ0) is 15.4. The van der Waals surface area contributed by atoms with Gasteiger partial charge in [-0.05, 0) is 32.4 Å². The van der Waals surface area contributed by atoms with E-state index >= 15 is 0 Å². The molecule has 114 valence electrons. The van der Waals surface area contributed by atoms with Gasteiger partial charge in [0.2, 0.25) is 5.91 Å². The second-order valence-electron chi connectivity index (χ2n) is 5.47. The molecular formula is C16H22N2O2S. The van der Waals surface area contributed by atoms with Crippen LogP contribution in [-0.4, -0.2) is 40.4 Å². The van der Waals surface area contributed by atoms with E-state index < -0.39 is 0 Å². The average Bonchev–Trinajstić information content (AvgIpc) is 2.96. The molecule has 2 amide bonds. The smallest absolute Gasteiger partial charge is 0.255 e. The number of hydrogen-bond donors (Lipinski definition) is 1. The fraction of sp³-hybridized carbons (Fsp3) is 0.500. The maximum absolute atomic E-state index is 12.6. The van der Waals surface area contributed by atoms with Crippen molar-refractivity contribution < 1.29 is 9.59 Å². The van der Waals surface area contributed by atoms with Crippen molar-refractivity contribution >= 4 is 23.6 Å². The highest BCUT2D eigenvalue weighted by Gasteiger charge is 2.35. The van der Waals surface area contributed by atoms with Crippen LogP contribution in [0.5, 0.6) is 0 Å². The maximum atomic E-state index is 12.6. The summed E-state index contributed by atoms with van der Waals surface area (Å²) in [4.78, 5) is 26.5. The third-order valence-electron chi connectivity index (χ3n) is 3.75. The molecule has 1 heterocycles. The molecule has 1 aromatic carbocycles. The summed E-state index contributed by atoms with van der Waals surface area (Å²) >= 11 is 1.62. The lowest BCUT2D eigenvalue weighted by Crippen LogP contribution is -2.49. The molecule has 0 unspecified atom stereocenters. The van der Waals surface area contributed by atoms with Gasteiger partial charge in [0.15, 0.2) is 0 Å². The molecule has 0 radical (unpaired) electrons. The van der Waals surface area contributed by atoms with Crippen molar-refractivity contribution in [1.29, 1.82) is 0 Å². The number of aryl methyl sites for hydroxylation is 1. The Balaban J connectivity index is 2.09. The van der Waals surface area contributed by atoms with Crippen molar-refractivity contribution in [3.63, 3.8) is 0 Å². The fourth-order valence-electron chi connectivity index (χ4n) is 2.16. The summed E-state index contributed by atoms with van der Waals surface area (Å²) in [6, 6.07) is 7.27. The lowest BCUT2D eigenvalue weighted by molar-refractivity contribution is -0.125. The van der Waals surface area contributed by atoms with E-state index in [-0.39, 0.29) is 23.9 Å². The van der Waals surface area contributed by atoms with E-state index in [2.05, 4.69) is 5.32 Å². The molecule has 2 atom stereocenters. The number of benzene rings is 1. The zero-order valence-electron chi connectivity index (χ0n) is 12.8. The minimum absolute atomic E-state index is 0.0465. The van der Waals surface area contributed by atoms with E-state index in [1.165, 1.54) is 0 Å². The summed E-state index contributed by atoms with van der Waals surface area (Å²) in [6.45, 7) is 6.00. The predicted molar refractivity (Wildman–Crippen MR) is 86.4 cm³/mol. The summed E-state index contributed by atoms with van der Waals surface area (Å²) in [5.41, 5.74) is 1.76. The van der Waals surface area contributed by atoms with Crippen molar-refractivity contribution in [3.8, 4) is 0 Å². The van der Waals surface area contributed by atoms with E-state index in [0.29, 0.717) is 17.2 Å². The highest BCUT2D eigenvalue weighted by molar-refractivity contribution is 7.99. The molecule has 1 aliphatic heterocycles. The maximum Gasteiger partial charge on any atom is 0.255 e. The van der Waals surface area contributed by atoms with Crippen LogP contribution in [0.3, 0.4) is 0 Å². The summed E-state index contributed by atoms with van der Waals surface area (Å²) in [5.74, 6) is 1.13. The molecule has 5 heteroatoms. The molecule has 0 bridgehead atoms. The van der Waals surface area contributed by atoms with Crippen LogP contribution in [0.1, 0.15) is 36.2 Å². The van der Waals surface area contributed by atoms with Gasteiger partial charge < -0.3 is 10.2 Å². The number of carbonyl (C=O) groups excluding carboxylic acids is 2. The Labute approximate surface area is 130 Å². The first-order chi connectivity index (χ1) is 10.0. The summed E-state index contributed by atoms with van der Waals surface area (Å²) in [5, 5.41) is 2.97. The van der Waals surface area contributed by atoms with Crippen LogP contribution in [0.4, 0.5) is 0 Å². The van der Waals surface area contributed by atoms with E-state index in [1.54, 1.807) is 16.7 Å². The normalized spacial score (nSPS) is 19.4. The van der Waals surface area contributed by atoms with Gasteiger partial charge in [0.05, 0.1) is 5.88 Å². The minimum Gasteiger partial charge on any atom is -0.352 e. The highest BCUT2D eigenvalue weighted by atomic mass is 32.2. The summed E-state index contributed by atoms with van der Waals surface area (Å²) in [7, 11) is 0. The quantitative estimate of drug-likeness (QED) is 0.929. The number of amides is 2. The first-order valence-corrected chi connectivity index (χ1v) is 8.44. The molecule has 21 heavy (non-hydrogen) atoms. The van der Waals surface area contributed by atoms with Gasteiger partial charge in [0, 0.05) is 17.4 Å². The third kappa shape index (κ3) is 3.79. The first kappa shape index (κ1) is 15.9. The van der Waals surface area contributed by atoms with Gasteiger partial charge in [-0.25, -0.2) is 0 Å². The molecule has 1 aromatic rings. The lowest BCUT2D eigenvalue weighted by Gasteiger charge is -2.24. The Morgan fingerprint density at radius 3 is 2.67 bits per heavy atom. The Morgan fingerprint density at radius 1 is 1.38 bits per heavy atom. The molecule has 0 aromatic heterocycles. The van der Waals surface area contributed by atoms with Gasteiger partial charge in [-0.3, -0.25) is 9.59 Å². The topological polar surface area (TPSA) is 49.4 Å². The number of nitrogens with zero attached hydrogens (tertiary/aromatic N) is 1. The monoisotopic (exact) mass is 306 g/mol. The zero-order valence-corrected chi connectivity index (χ0v) is 13.6. The van der Waals surface area contributed by atoms with Crippen molar-refractivity contribution in [3.05, 3.63) is 35.4 Å². The molecule has 1 aliphatic rings. The highest BCUT2D eigenvalue weighted by Crippen LogP contribution is 2.23. The van der Waals surface area contributed by atoms with Gasteiger partial charge in [-0.2, -0.15) is 0 Å². The van der Waals surface area contributed by atoms with Crippen LogP contribution < -0.4 is 5.32 Å². The molecule has 4 nitrogen and oxygen atoms in total. The van der Waals surface area contributed by atoms with Gasteiger partial charge >= 0.3 is 0 Å². The average molecular weight is 306 g/mol. The molecule has 1 saturated heterocycles. The molecule has 2 rings (SSSR count). The van der Waals surface area contributed by atoms with Gasteiger partial charge in [0.25, 0.3) is 5.91 Å². The van der Waals surface area contributed by atoms with E-state index in [4.69, 9.17) is 0 Å². The molecule has 0 saturated carbocycles. The largest absolute Gasteiger partial charge is 0.352 e. The third-order valence-corrected chi connectivity index (χ3v) is 4.76. The number of rotatable bonds is 4. The van der Waals surface area contributed by atoms with Crippen LogP contribution in [0.25, 0.3) is 0 Å². The van der Waals surface area contributed by atoms with Crippen molar-refractivity contribution in [2.45, 2.75) is 39.3 Å². The second kappa shape index (κ2) is 6.98. The van der Waals surface area contributed by atoms with Crippen LogP contribution in [-0.2, 0) is 4.79 Å². The fourth-order valence-corrected chi connectivity index (χ4v) is 3.32. The molecular weight excluding hydrogens is 284 g/mol. The SMILES string of the molecule is CC[C@@H](C)NC(=O)[C@@H]1CSCN1C(=O)c1ccc(C)cc1. The van der Waals surface area contributed by atoms with E-state index in [0.717, 1.165) is 12.0 Å². The summed E-state index contributed by atoms with van der Waals surface area (Å²) < 4.78 is 0. The molecule has 0 spiro atoms. The van der Waals surface area contributed by atoms with Crippen LogP contribution >= 0.6 is 11.8 Å². The van der Waals surface area contributed by atoms with Crippen molar-refractivity contribution in [2.24, 2.45) is 0 Å². The Hall–Kier alpha value is -1.49. The van der Waals surface area contributed by atoms with Crippen molar-refractivity contribution in [2.75, 3.05) is 11.6 Å². The minimum atomic E-state index is -0.363. The Kier molecular flexibility index (Phi) is 5.28. The predicted octanol–water partition coefficient (Wildman–Crippen LogP) is 2.42. The number of nitrogens with one attached hydrogen (secondary N) is 1. The second-order valence-corrected chi connectivity index (χ2v) is 6.47. The lowest BCUT2D eigenvalue weighted by atomic mass is 10.1.